The number of aliphatic imine (C=N–C) groups is 1. The lowest BCUT2D eigenvalue weighted by molar-refractivity contribution is -0.388. The van der Waals surface area contributed by atoms with Crippen LogP contribution in [0, 0.1) is 16.0 Å². The van der Waals surface area contributed by atoms with E-state index >= 15 is 0 Å². The van der Waals surface area contributed by atoms with Crippen molar-refractivity contribution in [2.45, 2.75) is 48.1 Å². The van der Waals surface area contributed by atoms with Crippen LogP contribution in [0.15, 0.2) is 33.2 Å². The van der Waals surface area contributed by atoms with Crippen LogP contribution in [0.25, 0.3) is 0 Å². The molecule has 2 aliphatic heterocycles. The maximum Gasteiger partial charge on any atom is 0.416 e. The molecule has 0 bridgehead atoms. The van der Waals surface area contributed by atoms with Crippen LogP contribution in [0.4, 0.5) is 24.8 Å². The number of benzene rings is 1. The van der Waals surface area contributed by atoms with Crippen LogP contribution < -0.4 is 5.32 Å². The number of alkyl halides is 3. The number of hydrogen-bond donors (Lipinski definition) is 1. The lowest BCUT2D eigenvalue weighted by Gasteiger charge is -2.34. The molecule has 1 aliphatic carbocycles. The van der Waals surface area contributed by atoms with Gasteiger partial charge in [0, 0.05) is 49.9 Å². The minimum atomic E-state index is -4.67. The van der Waals surface area contributed by atoms with Gasteiger partial charge in [-0.15, -0.1) is 5.10 Å². The van der Waals surface area contributed by atoms with Crippen molar-refractivity contribution in [3.63, 3.8) is 0 Å². The van der Waals surface area contributed by atoms with Gasteiger partial charge < -0.3 is 10.1 Å². The molecule has 1 saturated heterocycles. The fraction of sp³-hybridized carbons (Fsp3) is 0.591. The highest BCUT2D eigenvalue weighted by Gasteiger charge is 2.35. The van der Waals surface area contributed by atoms with E-state index in [4.69, 9.17) is 9.73 Å². The summed E-state index contributed by atoms with van der Waals surface area (Å²) in [7, 11) is 0. The van der Waals surface area contributed by atoms with E-state index < -0.39 is 22.4 Å². The van der Waals surface area contributed by atoms with Gasteiger partial charge in [0.2, 0.25) is 11.1 Å². The molecular formula is C22H26F3N7O3S. The predicted octanol–water partition coefficient (Wildman–Crippen LogP) is 3.53. The molecule has 0 radical (unpaired) electrons. The summed E-state index contributed by atoms with van der Waals surface area (Å²) in [6.07, 6.45) is -1.61. The van der Waals surface area contributed by atoms with Gasteiger partial charge in [-0.2, -0.15) is 18.2 Å². The van der Waals surface area contributed by atoms with Crippen LogP contribution in [-0.4, -0.2) is 75.7 Å². The zero-order valence-corrected chi connectivity index (χ0v) is 20.2. The third-order valence-electron chi connectivity index (χ3n) is 6.68. The van der Waals surface area contributed by atoms with Gasteiger partial charge in [-0.1, -0.05) is 6.42 Å². The zero-order valence-electron chi connectivity index (χ0n) is 19.4. The third-order valence-corrected chi connectivity index (χ3v) is 7.60. The Balaban J connectivity index is 1.30. The van der Waals surface area contributed by atoms with Crippen molar-refractivity contribution in [2.75, 3.05) is 39.4 Å². The summed E-state index contributed by atoms with van der Waals surface area (Å²) in [4.78, 5) is 22.2. The largest absolute Gasteiger partial charge is 0.416 e. The lowest BCUT2D eigenvalue weighted by Crippen LogP contribution is -2.48. The number of morpholine rings is 1. The van der Waals surface area contributed by atoms with Gasteiger partial charge in [0.1, 0.15) is 0 Å². The predicted molar refractivity (Wildman–Crippen MR) is 126 cm³/mol. The van der Waals surface area contributed by atoms with Crippen molar-refractivity contribution in [1.29, 1.82) is 0 Å². The molecular weight excluding hydrogens is 499 g/mol. The summed E-state index contributed by atoms with van der Waals surface area (Å²) < 4.78 is 46.1. The molecule has 0 amide bonds. The number of nitro groups is 1. The van der Waals surface area contributed by atoms with Crippen LogP contribution in [0.1, 0.15) is 24.8 Å². The first-order chi connectivity index (χ1) is 17.3. The number of nitrogens with zero attached hydrogens (tertiary/aromatic N) is 6. The number of nitro benzene ring substituents is 1. The second-order valence-electron chi connectivity index (χ2n) is 9.04. The Hall–Kier alpha value is -2.55. The molecule has 2 unspecified atom stereocenters. The van der Waals surface area contributed by atoms with Crippen molar-refractivity contribution in [3.05, 3.63) is 33.9 Å². The first kappa shape index (κ1) is 25.1. The van der Waals surface area contributed by atoms with Crippen LogP contribution in [0.5, 0.6) is 0 Å². The van der Waals surface area contributed by atoms with Gasteiger partial charge in [-0.05, 0) is 36.7 Å². The van der Waals surface area contributed by atoms with E-state index in [2.05, 4.69) is 20.3 Å². The van der Waals surface area contributed by atoms with Crippen molar-refractivity contribution in [3.8, 4) is 0 Å². The second kappa shape index (κ2) is 10.4. The van der Waals surface area contributed by atoms with E-state index in [0.717, 1.165) is 88.3 Å². The third kappa shape index (κ3) is 5.56. The molecule has 0 spiro atoms. The highest BCUT2D eigenvalue weighted by molar-refractivity contribution is 7.99. The van der Waals surface area contributed by atoms with Crippen molar-refractivity contribution >= 4 is 29.1 Å². The van der Waals surface area contributed by atoms with Crippen molar-refractivity contribution < 1.29 is 22.8 Å². The van der Waals surface area contributed by atoms with Gasteiger partial charge in [0.25, 0.3) is 5.69 Å². The Morgan fingerprint density at radius 3 is 2.81 bits per heavy atom. The van der Waals surface area contributed by atoms with E-state index in [1.807, 2.05) is 0 Å². The molecule has 2 atom stereocenters. The monoisotopic (exact) mass is 525 g/mol. The zero-order chi connectivity index (χ0) is 25.3. The molecule has 3 heterocycles. The molecule has 14 heteroatoms. The summed E-state index contributed by atoms with van der Waals surface area (Å²) in [6.45, 7) is 5.82. The lowest BCUT2D eigenvalue weighted by atomic mass is 9.83. The van der Waals surface area contributed by atoms with E-state index in [1.165, 1.54) is 0 Å². The number of ether oxygens (including phenoxy) is 1. The number of aromatic nitrogens is 3. The quantitative estimate of drug-likeness (QED) is 0.432. The van der Waals surface area contributed by atoms with Crippen LogP contribution in [-0.2, 0) is 17.5 Å². The maximum absolute atomic E-state index is 13.0. The number of nitrogens with one attached hydrogen (secondary N) is 1. The molecule has 5 rings (SSSR count). The van der Waals surface area contributed by atoms with Crippen molar-refractivity contribution in [2.24, 2.45) is 10.9 Å². The first-order valence-corrected chi connectivity index (χ1v) is 12.7. The summed E-state index contributed by atoms with van der Waals surface area (Å²) in [5.41, 5.74) is -0.648. The minimum Gasteiger partial charge on any atom is -0.379 e. The standard InChI is InChI=1S/C22H26F3N7O3S/c23-22(24,25)15-4-5-18(17(12-15)32(33)34)36-21-28-20-27-19-14(13-31(20)29-21)2-1-3-16(19)26-6-7-30-8-10-35-11-9-30/h4-5,12,14,16,26H,1-3,6-11,13H2. The van der Waals surface area contributed by atoms with E-state index in [-0.39, 0.29) is 22.0 Å². The number of hydrogen-bond acceptors (Lipinski definition) is 9. The van der Waals surface area contributed by atoms with Crippen LogP contribution in [0.2, 0.25) is 0 Å². The molecule has 194 valence electrons. The van der Waals surface area contributed by atoms with Gasteiger partial charge >= 0.3 is 6.18 Å². The first-order valence-electron chi connectivity index (χ1n) is 11.9. The summed E-state index contributed by atoms with van der Waals surface area (Å²) in [5.74, 6) is 0.646. The Kier molecular flexibility index (Phi) is 7.28. The molecule has 10 nitrogen and oxygen atoms in total. The molecule has 2 aromatic rings. The fourth-order valence-electron chi connectivity index (χ4n) is 4.84. The number of rotatable bonds is 7. The highest BCUT2D eigenvalue weighted by atomic mass is 32.2. The average molecular weight is 526 g/mol. The van der Waals surface area contributed by atoms with E-state index in [0.29, 0.717) is 18.6 Å². The molecule has 1 aromatic heterocycles. The van der Waals surface area contributed by atoms with Crippen LogP contribution >= 0.6 is 11.8 Å². The Morgan fingerprint density at radius 2 is 2.06 bits per heavy atom. The minimum absolute atomic E-state index is 0.0451. The van der Waals surface area contributed by atoms with Gasteiger partial charge in [-0.3, -0.25) is 15.0 Å². The smallest absolute Gasteiger partial charge is 0.379 e. The average Bonchev–Trinajstić information content (AvgIpc) is 3.24. The van der Waals surface area contributed by atoms with Gasteiger partial charge in [0.15, 0.2) is 0 Å². The topological polar surface area (TPSA) is 111 Å². The highest BCUT2D eigenvalue weighted by Crippen LogP contribution is 2.39. The Labute approximate surface area is 209 Å². The van der Waals surface area contributed by atoms with Crippen molar-refractivity contribution in [1.82, 2.24) is 25.0 Å². The molecule has 2 fully saturated rings. The summed E-state index contributed by atoms with van der Waals surface area (Å²) in [6, 6.07) is 2.61. The van der Waals surface area contributed by atoms with Gasteiger partial charge in [0.05, 0.1) is 35.1 Å². The molecule has 1 N–H and O–H groups in total. The van der Waals surface area contributed by atoms with Crippen LogP contribution in [0.3, 0.4) is 0 Å². The summed E-state index contributed by atoms with van der Waals surface area (Å²) >= 11 is 0.866. The maximum atomic E-state index is 13.0. The molecule has 1 aromatic carbocycles. The Morgan fingerprint density at radius 1 is 1.25 bits per heavy atom. The SMILES string of the molecule is O=[N+]([O-])c1cc(C(F)(F)F)ccc1Sc1nc2n(n1)CC1CCCC(NCCN3CCOCC3)C1=N2. The Bertz CT molecular complexity index is 1150. The normalized spacial score (nSPS) is 22.6. The molecule has 36 heavy (non-hydrogen) atoms. The molecule has 1 saturated carbocycles. The second-order valence-corrected chi connectivity index (χ2v) is 10.1. The number of fused-ring (bicyclic) bond motifs is 2. The number of halogens is 3. The fourth-order valence-corrected chi connectivity index (χ4v) is 5.68. The molecule has 3 aliphatic rings. The van der Waals surface area contributed by atoms with E-state index in [9.17, 15) is 23.3 Å². The summed E-state index contributed by atoms with van der Waals surface area (Å²) in [5, 5.41) is 19.7. The van der Waals surface area contributed by atoms with Gasteiger partial charge in [-0.25, -0.2) is 9.67 Å². The van der Waals surface area contributed by atoms with E-state index in [1.54, 1.807) is 4.68 Å².